The van der Waals surface area contributed by atoms with Crippen LogP contribution in [0.3, 0.4) is 0 Å². The van der Waals surface area contributed by atoms with Crippen LogP contribution in [-0.4, -0.2) is 49.7 Å². The summed E-state index contributed by atoms with van der Waals surface area (Å²) in [6.07, 6.45) is 5.12. The van der Waals surface area contributed by atoms with Gasteiger partial charge in [0.2, 0.25) is 11.8 Å². The molecule has 1 aliphatic heterocycles. The molecule has 1 amide bonds. The molecule has 3 heterocycles. The highest BCUT2D eigenvalue weighted by molar-refractivity contribution is 6.33. The number of carbonyl (C=O) groups is 1. The Balaban J connectivity index is 1.48. The monoisotopic (exact) mass is 538 g/mol. The van der Waals surface area contributed by atoms with Gasteiger partial charge in [-0.1, -0.05) is 29.8 Å². The molecule has 2 unspecified atom stereocenters. The molecule has 1 saturated heterocycles. The molecule has 3 aromatic rings. The van der Waals surface area contributed by atoms with E-state index in [4.69, 9.17) is 25.8 Å². The van der Waals surface area contributed by atoms with E-state index >= 15 is 0 Å². The zero-order valence-electron chi connectivity index (χ0n) is 22.8. The zero-order valence-corrected chi connectivity index (χ0v) is 23.5. The van der Waals surface area contributed by atoms with Crippen molar-refractivity contribution in [2.75, 3.05) is 0 Å². The number of amides is 1. The summed E-state index contributed by atoms with van der Waals surface area (Å²) in [5.41, 5.74) is 1.50. The van der Waals surface area contributed by atoms with Gasteiger partial charge in [-0.15, -0.1) is 0 Å². The second-order valence-corrected chi connectivity index (χ2v) is 11.1. The van der Waals surface area contributed by atoms with Crippen LogP contribution in [0, 0.1) is 6.92 Å². The van der Waals surface area contributed by atoms with E-state index in [0.29, 0.717) is 40.2 Å². The second kappa shape index (κ2) is 11.6. The Morgan fingerprint density at radius 3 is 2.58 bits per heavy atom. The van der Waals surface area contributed by atoms with Gasteiger partial charge in [0.05, 0.1) is 16.7 Å². The Labute approximate surface area is 229 Å². The SMILES string of the molecule is Cc1c(Oc2cccnc2-c2ccccc2Cl)ncnc1O[C@@H](C)CC1CCC(C)N1C(=O)OC(C)(C)C. The average molecular weight is 539 g/mol. The van der Waals surface area contributed by atoms with E-state index in [1.54, 1.807) is 12.3 Å². The zero-order chi connectivity index (χ0) is 27.4. The Hall–Kier alpha value is -3.39. The number of aromatic nitrogens is 3. The van der Waals surface area contributed by atoms with Crippen LogP contribution in [0.5, 0.6) is 17.5 Å². The Kier molecular flexibility index (Phi) is 8.41. The van der Waals surface area contributed by atoms with Crippen LogP contribution in [0.1, 0.15) is 59.4 Å². The summed E-state index contributed by atoms with van der Waals surface area (Å²) >= 11 is 6.41. The third-order valence-electron chi connectivity index (χ3n) is 6.40. The van der Waals surface area contributed by atoms with Gasteiger partial charge in [-0.05, 0) is 72.6 Å². The van der Waals surface area contributed by atoms with Crippen molar-refractivity contribution < 1.29 is 19.0 Å². The van der Waals surface area contributed by atoms with Crippen molar-refractivity contribution in [1.82, 2.24) is 19.9 Å². The number of ether oxygens (including phenoxy) is 3. The smallest absolute Gasteiger partial charge is 0.410 e. The summed E-state index contributed by atoms with van der Waals surface area (Å²) in [6, 6.07) is 11.2. The number of pyridine rings is 1. The highest BCUT2D eigenvalue weighted by Gasteiger charge is 2.38. The van der Waals surface area contributed by atoms with Crippen LogP contribution < -0.4 is 9.47 Å². The summed E-state index contributed by atoms with van der Waals surface area (Å²) in [5.74, 6) is 1.32. The fourth-order valence-corrected chi connectivity index (χ4v) is 4.87. The first-order valence-corrected chi connectivity index (χ1v) is 13.3. The minimum Gasteiger partial charge on any atom is -0.474 e. The van der Waals surface area contributed by atoms with Gasteiger partial charge in [0.15, 0.2) is 5.75 Å². The lowest BCUT2D eigenvalue weighted by molar-refractivity contribution is 0.0124. The summed E-state index contributed by atoms with van der Waals surface area (Å²) < 4.78 is 18.1. The van der Waals surface area contributed by atoms with Crippen LogP contribution in [-0.2, 0) is 4.74 Å². The molecule has 0 saturated carbocycles. The molecule has 0 bridgehead atoms. The summed E-state index contributed by atoms with van der Waals surface area (Å²) in [4.78, 5) is 27.9. The molecule has 2 aromatic heterocycles. The van der Waals surface area contributed by atoms with Crippen LogP contribution in [0.4, 0.5) is 4.79 Å². The predicted molar refractivity (Wildman–Crippen MR) is 147 cm³/mol. The number of nitrogens with zero attached hydrogens (tertiary/aromatic N) is 4. The third kappa shape index (κ3) is 6.54. The van der Waals surface area contributed by atoms with Gasteiger partial charge >= 0.3 is 6.09 Å². The van der Waals surface area contributed by atoms with Gasteiger partial charge in [-0.3, -0.25) is 4.98 Å². The molecule has 9 heteroatoms. The maximum atomic E-state index is 12.9. The molecular formula is C29H35ClN4O4. The van der Waals surface area contributed by atoms with Crippen LogP contribution in [0.2, 0.25) is 5.02 Å². The van der Waals surface area contributed by atoms with Crippen molar-refractivity contribution in [2.24, 2.45) is 0 Å². The van der Waals surface area contributed by atoms with E-state index in [2.05, 4.69) is 21.9 Å². The van der Waals surface area contributed by atoms with Crippen molar-refractivity contribution in [3.8, 4) is 28.8 Å². The maximum absolute atomic E-state index is 12.9. The molecule has 1 aliphatic rings. The maximum Gasteiger partial charge on any atom is 0.410 e. The Bertz CT molecular complexity index is 1280. The first-order valence-electron chi connectivity index (χ1n) is 12.9. The molecule has 0 N–H and O–H groups in total. The molecule has 38 heavy (non-hydrogen) atoms. The molecule has 1 fully saturated rings. The van der Waals surface area contributed by atoms with E-state index in [1.165, 1.54) is 6.33 Å². The highest BCUT2D eigenvalue weighted by atomic mass is 35.5. The van der Waals surface area contributed by atoms with E-state index < -0.39 is 5.60 Å². The van der Waals surface area contributed by atoms with Crippen LogP contribution >= 0.6 is 11.6 Å². The molecule has 1 aromatic carbocycles. The summed E-state index contributed by atoms with van der Waals surface area (Å²) in [5, 5.41) is 0.579. The Morgan fingerprint density at radius 2 is 1.84 bits per heavy atom. The molecule has 0 radical (unpaired) electrons. The first kappa shape index (κ1) is 27.6. The molecule has 202 valence electrons. The van der Waals surface area contributed by atoms with Gasteiger partial charge in [0.25, 0.3) is 0 Å². The van der Waals surface area contributed by atoms with Crippen molar-refractivity contribution in [1.29, 1.82) is 0 Å². The molecule has 3 atom stereocenters. The van der Waals surface area contributed by atoms with Crippen molar-refractivity contribution >= 4 is 17.7 Å². The van der Waals surface area contributed by atoms with Gasteiger partial charge in [0.1, 0.15) is 17.6 Å². The van der Waals surface area contributed by atoms with Crippen molar-refractivity contribution in [2.45, 2.75) is 84.6 Å². The second-order valence-electron chi connectivity index (χ2n) is 10.7. The third-order valence-corrected chi connectivity index (χ3v) is 6.73. The van der Waals surface area contributed by atoms with E-state index in [-0.39, 0.29) is 24.3 Å². The van der Waals surface area contributed by atoms with Crippen LogP contribution in [0.25, 0.3) is 11.3 Å². The van der Waals surface area contributed by atoms with Crippen LogP contribution in [0.15, 0.2) is 48.9 Å². The van der Waals surface area contributed by atoms with E-state index in [1.807, 2.05) is 69.9 Å². The lowest BCUT2D eigenvalue weighted by Gasteiger charge is -2.32. The Morgan fingerprint density at radius 1 is 1.11 bits per heavy atom. The fraction of sp³-hybridized carbons (Fsp3) is 0.448. The fourth-order valence-electron chi connectivity index (χ4n) is 4.64. The quantitative estimate of drug-likeness (QED) is 0.313. The van der Waals surface area contributed by atoms with Crippen molar-refractivity contribution in [3.63, 3.8) is 0 Å². The lowest BCUT2D eigenvalue weighted by atomic mass is 10.1. The normalized spacial score (nSPS) is 18.2. The molecular weight excluding hydrogens is 504 g/mol. The molecule has 0 aliphatic carbocycles. The number of hydrogen-bond donors (Lipinski definition) is 0. The summed E-state index contributed by atoms with van der Waals surface area (Å²) in [6.45, 7) is 11.5. The largest absolute Gasteiger partial charge is 0.474 e. The lowest BCUT2D eigenvalue weighted by Crippen LogP contribution is -2.44. The number of rotatable bonds is 7. The predicted octanol–water partition coefficient (Wildman–Crippen LogP) is 7.24. The number of hydrogen-bond acceptors (Lipinski definition) is 7. The summed E-state index contributed by atoms with van der Waals surface area (Å²) in [7, 11) is 0. The molecule has 4 rings (SSSR count). The number of likely N-dealkylation sites (tertiary alicyclic amines) is 1. The van der Waals surface area contributed by atoms with E-state index in [9.17, 15) is 4.79 Å². The number of halogens is 1. The highest BCUT2D eigenvalue weighted by Crippen LogP contribution is 2.37. The first-order chi connectivity index (χ1) is 18.0. The topological polar surface area (TPSA) is 86.7 Å². The van der Waals surface area contributed by atoms with Gasteiger partial charge < -0.3 is 19.1 Å². The van der Waals surface area contributed by atoms with Crippen molar-refractivity contribution in [3.05, 3.63) is 59.5 Å². The number of benzene rings is 1. The number of carbonyl (C=O) groups excluding carboxylic acids is 1. The van der Waals surface area contributed by atoms with Gasteiger partial charge in [-0.2, -0.15) is 0 Å². The van der Waals surface area contributed by atoms with Gasteiger partial charge in [0, 0.05) is 30.3 Å². The molecule has 8 nitrogen and oxygen atoms in total. The molecule has 0 spiro atoms. The van der Waals surface area contributed by atoms with E-state index in [0.717, 1.165) is 18.4 Å². The average Bonchev–Trinajstić information content (AvgIpc) is 3.21. The minimum absolute atomic E-state index is 0.0290. The standard InChI is InChI=1S/C29H35ClN4O4/c1-18-13-14-21(34(18)28(35)38-29(4,5)6)16-19(2)36-26-20(3)27(33-17-32-26)37-24-12-9-15-31-25(24)22-10-7-8-11-23(22)30/h7-12,15,17-19,21H,13-14,16H2,1-6H3/t18?,19-,21?/m0/s1. The van der Waals surface area contributed by atoms with Gasteiger partial charge in [-0.25, -0.2) is 14.8 Å². The minimum atomic E-state index is -0.541.